The number of nitrogens with zero attached hydrogens (tertiary/aromatic N) is 1. The average Bonchev–Trinajstić information content (AvgIpc) is 2.60. The second-order valence-electron chi connectivity index (χ2n) is 4.70. The van der Waals surface area contributed by atoms with Gasteiger partial charge in [0.05, 0.1) is 19.9 Å². The van der Waals surface area contributed by atoms with E-state index in [1.807, 2.05) is 24.3 Å². The Hall–Kier alpha value is -2.86. The molecule has 6 heteroatoms. The van der Waals surface area contributed by atoms with Gasteiger partial charge in [-0.05, 0) is 42.0 Å². The quantitative estimate of drug-likeness (QED) is 0.538. The van der Waals surface area contributed by atoms with Gasteiger partial charge in [-0.3, -0.25) is 4.79 Å². The number of carbonyl (C=O) groups is 1. The third kappa shape index (κ3) is 5.12. The van der Waals surface area contributed by atoms with E-state index in [0.717, 1.165) is 17.0 Å². The van der Waals surface area contributed by atoms with Gasteiger partial charge in [0, 0.05) is 17.8 Å². The molecule has 6 nitrogen and oxygen atoms in total. The predicted octanol–water partition coefficient (Wildman–Crippen LogP) is 1.86. The molecule has 0 aliphatic heterocycles. The molecule has 0 aliphatic carbocycles. The summed E-state index contributed by atoms with van der Waals surface area (Å²) in [6.45, 7) is 0.525. The molecule has 0 atom stereocenters. The molecule has 0 saturated carbocycles. The van der Waals surface area contributed by atoms with Crippen molar-refractivity contribution in [3.8, 4) is 5.75 Å². The van der Waals surface area contributed by atoms with Gasteiger partial charge < -0.3 is 15.2 Å². The van der Waals surface area contributed by atoms with Crippen molar-refractivity contribution in [1.29, 1.82) is 0 Å². The van der Waals surface area contributed by atoms with Crippen LogP contribution in [0.4, 0.5) is 5.69 Å². The minimum absolute atomic E-state index is 0.0568. The molecule has 2 aromatic rings. The van der Waals surface area contributed by atoms with Gasteiger partial charge in [-0.2, -0.15) is 5.10 Å². The zero-order valence-corrected chi connectivity index (χ0v) is 12.8. The molecule has 0 spiro atoms. The van der Waals surface area contributed by atoms with Crippen LogP contribution in [0.3, 0.4) is 0 Å². The van der Waals surface area contributed by atoms with Gasteiger partial charge in [-0.1, -0.05) is 12.1 Å². The lowest BCUT2D eigenvalue weighted by Crippen LogP contribution is -2.17. The number of benzene rings is 2. The molecule has 2 rings (SSSR count). The Morgan fingerprint density at radius 3 is 2.74 bits per heavy atom. The van der Waals surface area contributed by atoms with Crippen LogP contribution in [0, 0.1) is 0 Å². The smallest absolute Gasteiger partial charge is 0.271 e. The van der Waals surface area contributed by atoms with E-state index in [4.69, 9.17) is 9.84 Å². The van der Waals surface area contributed by atoms with Crippen LogP contribution in [0.15, 0.2) is 53.6 Å². The number of hydrogen-bond donors (Lipinski definition) is 3. The Morgan fingerprint density at radius 2 is 2.04 bits per heavy atom. The molecular formula is C17H19N3O3. The molecule has 0 unspecified atom stereocenters. The maximum atomic E-state index is 12.0. The Kier molecular flexibility index (Phi) is 6.14. The topological polar surface area (TPSA) is 83.0 Å². The van der Waals surface area contributed by atoms with Gasteiger partial charge in [0.2, 0.25) is 0 Å². The molecule has 0 saturated heterocycles. The summed E-state index contributed by atoms with van der Waals surface area (Å²) < 4.78 is 5.12. The Labute approximate surface area is 134 Å². The van der Waals surface area contributed by atoms with Gasteiger partial charge in [0.15, 0.2) is 0 Å². The van der Waals surface area contributed by atoms with E-state index < -0.39 is 0 Å². The van der Waals surface area contributed by atoms with Gasteiger partial charge in [0.25, 0.3) is 5.91 Å². The van der Waals surface area contributed by atoms with Crippen molar-refractivity contribution in [2.24, 2.45) is 5.10 Å². The summed E-state index contributed by atoms with van der Waals surface area (Å²) in [7, 11) is 1.59. The fourth-order valence-electron chi connectivity index (χ4n) is 1.89. The zero-order chi connectivity index (χ0) is 16.5. The molecule has 0 aliphatic rings. The van der Waals surface area contributed by atoms with Crippen LogP contribution >= 0.6 is 0 Å². The Bertz CT molecular complexity index is 669. The van der Waals surface area contributed by atoms with Gasteiger partial charge in [-0.15, -0.1) is 0 Å². The molecule has 0 bridgehead atoms. The van der Waals surface area contributed by atoms with Crippen LogP contribution in [0.2, 0.25) is 0 Å². The third-order valence-corrected chi connectivity index (χ3v) is 3.06. The minimum Gasteiger partial charge on any atom is -0.497 e. The molecule has 120 valence electrons. The summed E-state index contributed by atoms with van der Waals surface area (Å²) in [4.78, 5) is 12.0. The summed E-state index contributed by atoms with van der Waals surface area (Å²) in [6.07, 6.45) is 1.55. The first-order valence-corrected chi connectivity index (χ1v) is 7.15. The highest BCUT2D eigenvalue weighted by atomic mass is 16.5. The Balaban J connectivity index is 1.92. The molecule has 0 heterocycles. The first-order valence-electron chi connectivity index (χ1n) is 7.15. The van der Waals surface area contributed by atoms with Crippen molar-refractivity contribution in [2.45, 2.75) is 0 Å². The number of ether oxygens (including phenoxy) is 1. The van der Waals surface area contributed by atoms with E-state index in [0.29, 0.717) is 12.1 Å². The highest BCUT2D eigenvalue weighted by Gasteiger charge is 2.03. The van der Waals surface area contributed by atoms with Crippen LogP contribution in [-0.2, 0) is 0 Å². The molecule has 0 radical (unpaired) electrons. The molecule has 1 amide bonds. The summed E-state index contributed by atoms with van der Waals surface area (Å²) in [6, 6.07) is 14.3. The SMILES string of the molecule is COc1cccc(/C=N/NC(=O)c2ccc(NCCO)cc2)c1. The maximum Gasteiger partial charge on any atom is 0.271 e. The first kappa shape index (κ1) is 16.5. The van der Waals surface area contributed by atoms with E-state index >= 15 is 0 Å². The second-order valence-corrected chi connectivity index (χ2v) is 4.70. The number of anilines is 1. The van der Waals surface area contributed by atoms with Crippen LogP contribution in [0.25, 0.3) is 0 Å². The molecule has 0 aromatic heterocycles. The van der Waals surface area contributed by atoms with Gasteiger partial charge in [-0.25, -0.2) is 5.43 Å². The number of hydrogen-bond acceptors (Lipinski definition) is 5. The summed E-state index contributed by atoms with van der Waals surface area (Å²) in [5.74, 6) is 0.434. The van der Waals surface area contributed by atoms with Crippen molar-refractivity contribution in [3.63, 3.8) is 0 Å². The number of rotatable bonds is 7. The van der Waals surface area contributed by atoms with Crippen molar-refractivity contribution >= 4 is 17.8 Å². The lowest BCUT2D eigenvalue weighted by Gasteiger charge is -2.05. The van der Waals surface area contributed by atoms with Crippen molar-refractivity contribution in [2.75, 3.05) is 25.6 Å². The summed E-state index contributed by atoms with van der Waals surface area (Å²) in [5.41, 5.74) is 4.65. The highest BCUT2D eigenvalue weighted by molar-refractivity contribution is 5.95. The molecule has 2 aromatic carbocycles. The number of nitrogens with one attached hydrogen (secondary N) is 2. The number of hydrazone groups is 1. The predicted molar refractivity (Wildman–Crippen MR) is 90.1 cm³/mol. The van der Waals surface area contributed by atoms with Crippen molar-refractivity contribution in [1.82, 2.24) is 5.43 Å². The normalized spacial score (nSPS) is 10.5. The zero-order valence-electron chi connectivity index (χ0n) is 12.8. The second kappa shape index (κ2) is 8.55. The van der Waals surface area contributed by atoms with Crippen LogP contribution in [0.5, 0.6) is 5.75 Å². The summed E-state index contributed by atoms with van der Waals surface area (Å²) >= 11 is 0. The van der Waals surface area contributed by atoms with Crippen LogP contribution in [-0.4, -0.2) is 37.5 Å². The fourth-order valence-corrected chi connectivity index (χ4v) is 1.89. The van der Waals surface area contributed by atoms with E-state index in [1.54, 1.807) is 37.6 Å². The molecule has 3 N–H and O–H groups in total. The number of amides is 1. The van der Waals surface area contributed by atoms with E-state index in [2.05, 4.69) is 15.8 Å². The lowest BCUT2D eigenvalue weighted by molar-refractivity contribution is 0.0955. The monoisotopic (exact) mass is 313 g/mol. The fraction of sp³-hybridized carbons (Fsp3) is 0.176. The molecule has 0 fully saturated rings. The number of methoxy groups -OCH3 is 1. The van der Waals surface area contributed by atoms with Crippen LogP contribution in [0.1, 0.15) is 15.9 Å². The average molecular weight is 313 g/mol. The van der Waals surface area contributed by atoms with E-state index in [1.165, 1.54) is 0 Å². The minimum atomic E-state index is -0.294. The third-order valence-electron chi connectivity index (χ3n) is 3.06. The lowest BCUT2D eigenvalue weighted by atomic mass is 10.2. The molecular weight excluding hydrogens is 294 g/mol. The van der Waals surface area contributed by atoms with Crippen molar-refractivity contribution < 1.29 is 14.6 Å². The highest BCUT2D eigenvalue weighted by Crippen LogP contribution is 2.11. The number of aliphatic hydroxyl groups excluding tert-OH is 1. The number of aliphatic hydroxyl groups is 1. The largest absolute Gasteiger partial charge is 0.497 e. The Morgan fingerprint density at radius 1 is 1.26 bits per heavy atom. The van der Waals surface area contributed by atoms with Crippen LogP contribution < -0.4 is 15.5 Å². The van der Waals surface area contributed by atoms with Crippen molar-refractivity contribution in [3.05, 3.63) is 59.7 Å². The molecule has 23 heavy (non-hydrogen) atoms. The van der Waals surface area contributed by atoms with E-state index in [9.17, 15) is 4.79 Å². The van der Waals surface area contributed by atoms with Gasteiger partial charge >= 0.3 is 0 Å². The maximum absolute atomic E-state index is 12.0. The van der Waals surface area contributed by atoms with E-state index in [-0.39, 0.29) is 12.5 Å². The number of carbonyl (C=O) groups excluding carboxylic acids is 1. The standard InChI is InChI=1S/C17H19N3O3/c1-23-16-4-2-3-13(11-16)12-19-20-17(22)14-5-7-15(8-6-14)18-9-10-21/h2-8,11-12,18,21H,9-10H2,1H3,(H,20,22)/b19-12+. The summed E-state index contributed by atoms with van der Waals surface area (Å²) in [5, 5.41) is 15.7. The van der Waals surface area contributed by atoms with Gasteiger partial charge in [0.1, 0.15) is 5.75 Å². The first-order chi connectivity index (χ1) is 11.2.